The Hall–Kier alpha value is -2.94. The minimum atomic E-state index is -3.89. The second-order valence-corrected chi connectivity index (χ2v) is 9.09. The number of sulfonamides is 1. The fraction of sp³-hybridized carbons (Fsp3) is 0.350. The Balaban J connectivity index is 2.37. The summed E-state index contributed by atoms with van der Waals surface area (Å²) in [6.45, 7) is 7.19. The van der Waals surface area contributed by atoms with Gasteiger partial charge in [-0.3, -0.25) is 19.2 Å². The number of nitro groups is 1. The summed E-state index contributed by atoms with van der Waals surface area (Å²) in [6.07, 6.45) is 0.965. The molecule has 0 saturated carbocycles. The van der Waals surface area contributed by atoms with Crippen LogP contribution in [0.25, 0.3) is 0 Å². The van der Waals surface area contributed by atoms with Crippen LogP contribution in [0.3, 0.4) is 0 Å². The number of non-ortho nitro benzene ring substituents is 1. The van der Waals surface area contributed by atoms with E-state index in [1.54, 1.807) is 19.1 Å². The number of aryl methyl sites for hydroxylation is 1. The molecule has 0 saturated heterocycles. The van der Waals surface area contributed by atoms with Crippen molar-refractivity contribution in [3.8, 4) is 0 Å². The van der Waals surface area contributed by atoms with Gasteiger partial charge in [0.15, 0.2) is 0 Å². The highest BCUT2D eigenvalue weighted by Gasteiger charge is 2.31. The lowest BCUT2D eigenvalue weighted by atomic mass is 10.0. The van der Waals surface area contributed by atoms with Crippen molar-refractivity contribution in [2.45, 2.75) is 39.7 Å². The minimum Gasteiger partial charge on any atom is -0.324 e. The zero-order valence-corrected chi connectivity index (χ0v) is 17.9. The molecule has 0 aliphatic carbocycles. The van der Waals surface area contributed by atoms with Gasteiger partial charge in [0, 0.05) is 17.8 Å². The van der Waals surface area contributed by atoms with Crippen LogP contribution in [0, 0.1) is 17.0 Å². The maximum atomic E-state index is 12.8. The van der Waals surface area contributed by atoms with E-state index in [2.05, 4.69) is 19.2 Å². The Morgan fingerprint density at radius 1 is 1.10 bits per heavy atom. The number of hydrogen-bond acceptors (Lipinski definition) is 5. The molecule has 0 aliphatic heterocycles. The number of carbonyl (C=O) groups is 1. The van der Waals surface area contributed by atoms with Crippen molar-refractivity contribution in [2.75, 3.05) is 15.9 Å². The number of carbonyl (C=O) groups excluding carboxylic acids is 1. The molecule has 0 unspecified atom stereocenters. The van der Waals surface area contributed by atoms with E-state index in [0.29, 0.717) is 17.2 Å². The van der Waals surface area contributed by atoms with Crippen molar-refractivity contribution >= 4 is 33.0 Å². The summed E-state index contributed by atoms with van der Waals surface area (Å²) in [5.41, 5.74) is 1.99. The standard InChI is InChI=1S/C20H25N3O5S/c1-13(2)16-7-9-17(10-8-16)21-20(24)15(4)22(29(5,27)28)19-12-18(23(25)26)11-6-14(19)3/h6-13,15H,1-5H3,(H,21,24)/t15-/m0/s1. The van der Waals surface area contributed by atoms with Gasteiger partial charge >= 0.3 is 0 Å². The SMILES string of the molecule is Cc1ccc([N+](=O)[O-])cc1N([C@@H](C)C(=O)Nc1ccc(C(C)C)cc1)S(C)(=O)=O. The molecule has 2 rings (SSSR count). The van der Waals surface area contributed by atoms with Gasteiger partial charge in [-0.05, 0) is 43.0 Å². The van der Waals surface area contributed by atoms with Crippen LogP contribution >= 0.6 is 0 Å². The van der Waals surface area contributed by atoms with Crippen LogP contribution < -0.4 is 9.62 Å². The predicted octanol–water partition coefficient (Wildman–Crippen LogP) is 3.82. The summed E-state index contributed by atoms with van der Waals surface area (Å²) in [5.74, 6) is -0.199. The van der Waals surface area contributed by atoms with Crippen LogP contribution in [0.1, 0.15) is 37.8 Å². The molecular weight excluding hydrogens is 394 g/mol. The Labute approximate surface area is 170 Å². The summed E-state index contributed by atoms with van der Waals surface area (Å²) < 4.78 is 25.8. The van der Waals surface area contributed by atoms with Gasteiger partial charge in [-0.2, -0.15) is 0 Å². The molecule has 0 heterocycles. The molecule has 8 nitrogen and oxygen atoms in total. The van der Waals surface area contributed by atoms with Gasteiger partial charge < -0.3 is 5.32 Å². The highest BCUT2D eigenvalue weighted by Crippen LogP contribution is 2.29. The van der Waals surface area contributed by atoms with Gasteiger partial charge in [0.1, 0.15) is 6.04 Å². The molecule has 1 N–H and O–H groups in total. The molecule has 0 aliphatic rings. The molecule has 1 amide bonds. The second-order valence-electron chi connectivity index (χ2n) is 7.23. The Bertz CT molecular complexity index is 1020. The molecule has 2 aromatic carbocycles. The maximum absolute atomic E-state index is 12.8. The number of hydrogen-bond donors (Lipinski definition) is 1. The van der Waals surface area contributed by atoms with E-state index in [-0.39, 0.29) is 11.4 Å². The van der Waals surface area contributed by atoms with Gasteiger partial charge in [0.05, 0.1) is 16.9 Å². The number of nitrogens with zero attached hydrogens (tertiary/aromatic N) is 2. The number of rotatable bonds is 7. The molecule has 29 heavy (non-hydrogen) atoms. The first kappa shape index (κ1) is 22.4. The van der Waals surface area contributed by atoms with Crippen LogP contribution in [-0.4, -0.2) is 31.5 Å². The third-order valence-corrected chi connectivity index (χ3v) is 5.80. The fourth-order valence-corrected chi connectivity index (χ4v) is 4.15. The molecule has 1 atom stereocenters. The van der Waals surface area contributed by atoms with Crippen molar-refractivity contribution in [3.63, 3.8) is 0 Å². The smallest absolute Gasteiger partial charge is 0.271 e. The summed E-state index contributed by atoms with van der Waals surface area (Å²) in [4.78, 5) is 23.3. The van der Waals surface area contributed by atoms with Crippen molar-refractivity contribution in [3.05, 3.63) is 63.7 Å². The van der Waals surface area contributed by atoms with Crippen molar-refractivity contribution in [1.82, 2.24) is 0 Å². The molecule has 156 valence electrons. The summed E-state index contributed by atoms with van der Waals surface area (Å²) in [7, 11) is -3.89. The second kappa shape index (κ2) is 8.60. The number of nitrogens with one attached hydrogen (secondary N) is 1. The first-order valence-electron chi connectivity index (χ1n) is 9.07. The molecule has 0 radical (unpaired) electrons. The number of nitro benzene ring substituents is 1. The first-order chi connectivity index (χ1) is 13.4. The van der Waals surface area contributed by atoms with Gasteiger partial charge in [-0.25, -0.2) is 8.42 Å². The van der Waals surface area contributed by atoms with E-state index in [0.717, 1.165) is 22.2 Å². The Morgan fingerprint density at radius 2 is 1.69 bits per heavy atom. The molecule has 0 aromatic heterocycles. The van der Waals surface area contributed by atoms with E-state index < -0.39 is 26.9 Å². The first-order valence-corrected chi connectivity index (χ1v) is 10.9. The van der Waals surface area contributed by atoms with Crippen LogP contribution in [0.15, 0.2) is 42.5 Å². The Morgan fingerprint density at radius 3 is 2.17 bits per heavy atom. The summed E-state index contributed by atoms with van der Waals surface area (Å²) in [5, 5.41) is 13.8. The molecule has 0 bridgehead atoms. The lowest BCUT2D eigenvalue weighted by Crippen LogP contribution is -2.45. The quantitative estimate of drug-likeness (QED) is 0.542. The largest absolute Gasteiger partial charge is 0.324 e. The molecule has 0 fully saturated rings. The lowest BCUT2D eigenvalue weighted by Gasteiger charge is -2.29. The highest BCUT2D eigenvalue weighted by molar-refractivity contribution is 7.92. The maximum Gasteiger partial charge on any atom is 0.271 e. The summed E-state index contributed by atoms with van der Waals surface area (Å²) in [6, 6.07) is 10.1. The van der Waals surface area contributed by atoms with Crippen molar-refractivity contribution in [1.29, 1.82) is 0 Å². The number of amides is 1. The average molecular weight is 420 g/mol. The molecule has 0 spiro atoms. The zero-order chi connectivity index (χ0) is 21.9. The number of benzene rings is 2. The molecular formula is C20H25N3O5S. The molecule has 9 heteroatoms. The van der Waals surface area contributed by atoms with E-state index in [4.69, 9.17) is 0 Å². The third kappa shape index (κ3) is 5.32. The average Bonchev–Trinajstić information content (AvgIpc) is 2.62. The van der Waals surface area contributed by atoms with Gasteiger partial charge in [-0.1, -0.05) is 32.0 Å². The normalized spacial score (nSPS) is 12.5. The fourth-order valence-electron chi connectivity index (χ4n) is 2.93. The van der Waals surface area contributed by atoms with Gasteiger partial charge in [0.2, 0.25) is 15.9 Å². The van der Waals surface area contributed by atoms with Crippen LogP contribution in [0.2, 0.25) is 0 Å². The third-order valence-electron chi connectivity index (χ3n) is 4.57. The van der Waals surface area contributed by atoms with E-state index >= 15 is 0 Å². The van der Waals surface area contributed by atoms with E-state index in [1.165, 1.54) is 19.1 Å². The highest BCUT2D eigenvalue weighted by atomic mass is 32.2. The topological polar surface area (TPSA) is 110 Å². The monoisotopic (exact) mass is 419 g/mol. The van der Waals surface area contributed by atoms with Gasteiger partial charge in [-0.15, -0.1) is 0 Å². The number of anilines is 2. The zero-order valence-electron chi connectivity index (χ0n) is 17.0. The van der Waals surface area contributed by atoms with Crippen LogP contribution in [0.4, 0.5) is 17.1 Å². The lowest BCUT2D eigenvalue weighted by molar-refractivity contribution is -0.384. The van der Waals surface area contributed by atoms with Crippen molar-refractivity contribution < 1.29 is 18.1 Å². The summed E-state index contributed by atoms with van der Waals surface area (Å²) >= 11 is 0. The van der Waals surface area contributed by atoms with Crippen LogP contribution in [-0.2, 0) is 14.8 Å². The predicted molar refractivity (Wildman–Crippen MR) is 114 cm³/mol. The van der Waals surface area contributed by atoms with E-state index in [9.17, 15) is 23.3 Å². The van der Waals surface area contributed by atoms with Crippen molar-refractivity contribution in [2.24, 2.45) is 0 Å². The molecule has 2 aromatic rings. The van der Waals surface area contributed by atoms with Gasteiger partial charge in [0.25, 0.3) is 5.69 Å². The van der Waals surface area contributed by atoms with Crippen LogP contribution in [0.5, 0.6) is 0 Å². The Kier molecular flexibility index (Phi) is 6.63. The minimum absolute atomic E-state index is 0.0968. The van der Waals surface area contributed by atoms with E-state index in [1.807, 2.05) is 12.1 Å².